The van der Waals surface area contributed by atoms with Crippen molar-refractivity contribution in [1.82, 2.24) is 15.1 Å². The minimum atomic E-state index is -1.65. The molecule has 2 aliphatic heterocycles. The van der Waals surface area contributed by atoms with Crippen LogP contribution in [-0.2, 0) is 23.9 Å². The molecule has 3 heterocycles. The van der Waals surface area contributed by atoms with Crippen LogP contribution in [-0.4, -0.2) is 117 Å². The van der Waals surface area contributed by atoms with E-state index in [2.05, 4.69) is 5.32 Å². The molecule has 1 unspecified atom stereocenters. The molecule has 14 nitrogen and oxygen atoms in total. The molecular formula is C34H37N3O11. The number of carbonyl (C=O) groups excluding carboxylic acids is 4. The number of hydrogen-bond donors (Lipinski definition) is 5. The van der Waals surface area contributed by atoms with Gasteiger partial charge in [0.25, 0.3) is 0 Å². The molecule has 0 spiro atoms. The molecule has 2 aliphatic rings. The molecule has 2 saturated heterocycles. The average Bonchev–Trinajstić information content (AvgIpc) is 3.59. The van der Waals surface area contributed by atoms with Gasteiger partial charge in [0.1, 0.15) is 30.1 Å². The molecule has 3 aromatic carbocycles. The van der Waals surface area contributed by atoms with E-state index in [0.29, 0.717) is 5.75 Å². The summed E-state index contributed by atoms with van der Waals surface area (Å²) in [5.74, 6) is -1.33. The molecule has 0 bridgehead atoms. The number of nitrogens with zero attached hydrogens (tertiary/aromatic N) is 2. The van der Waals surface area contributed by atoms with Crippen LogP contribution in [0.1, 0.15) is 25.7 Å². The van der Waals surface area contributed by atoms with Crippen molar-refractivity contribution in [2.45, 2.75) is 56.3 Å². The van der Waals surface area contributed by atoms with Gasteiger partial charge in [0.2, 0.25) is 17.7 Å². The third kappa shape index (κ3) is 6.98. The second-order valence-electron chi connectivity index (χ2n) is 12.0. The van der Waals surface area contributed by atoms with Gasteiger partial charge < -0.3 is 49.4 Å². The van der Waals surface area contributed by atoms with Gasteiger partial charge in [-0.25, -0.2) is 0 Å². The van der Waals surface area contributed by atoms with Gasteiger partial charge in [-0.3, -0.25) is 19.2 Å². The van der Waals surface area contributed by atoms with E-state index >= 15 is 0 Å². The average molecular weight is 664 g/mol. The summed E-state index contributed by atoms with van der Waals surface area (Å²) >= 11 is 0. The van der Waals surface area contributed by atoms with Crippen LogP contribution in [0.2, 0.25) is 0 Å². The molecule has 0 radical (unpaired) electrons. The molecule has 0 aliphatic carbocycles. The highest BCUT2D eigenvalue weighted by atomic mass is 16.6. The summed E-state index contributed by atoms with van der Waals surface area (Å²) in [6.45, 7) is 0.437. The molecule has 5 N–H and O–H groups in total. The van der Waals surface area contributed by atoms with Crippen LogP contribution >= 0.6 is 0 Å². The van der Waals surface area contributed by atoms with Crippen LogP contribution in [0, 0.1) is 0 Å². The predicted molar refractivity (Wildman–Crippen MR) is 170 cm³/mol. The van der Waals surface area contributed by atoms with Crippen LogP contribution in [0.4, 0.5) is 0 Å². The Bertz CT molecular complexity index is 1830. The first-order valence-corrected chi connectivity index (χ1v) is 15.8. The number of furan rings is 1. The topological polar surface area (TPSA) is 199 Å². The van der Waals surface area contributed by atoms with Crippen LogP contribution in [0.3, 0.4) is 0 Å². The molecule has 2 fully saturated rings. The second kappa shape index (κ2) is 14.3. The maximum absolute atomic E-state index is 12.8. The SMILES string of the molecule is O=C(CCC(=O)N1CCN(C(=O)CCC(=O)Oc2ccc3ccc4c5cocc5ccc4c3c2)CC1)N[C@@H]1C(O)O[C@@H](CO)[C@H](O)[C@H]1O. The monoisotopic (exact) mass is 663 g/mol. The molecule has 3 amide bonds. The third-order valence-electron chi connectivity index (χ3n) is 9.00. The summed E-state index contributed by atoms with van der Waals surface area (Å²) < 4.78 is 16.0. The number of carbonyl (C=O) groups is 4. The number of amides is 3. The number of aliphatic hydroxyl groups excluding tert-OH is 4. The molecule has 1 aromatic heterocycles. The number of ether oxygens (including phenoxy) is 2. The van der Waals surface area contributed by atoms with Crippen molar-refractivity contribution >= 4 is 56.0 Å². The van der Waals surface area contributed by atoms with E-state index in [4.69, 9.17) is 19.0 Å². The minimum absolute atomic E-state index is 0.0434. The van der Waals surface area contributed by atoms with E-state index in [1.54, 1.807) is 23.5 Å². The number of hydrogen-bond acceptors (Lipinski definition) is 11. The van der Waals surface area contributed by atoms with Gasteiger partial charge in [-0.05, 0) is 33.7 Å². The maximum Gasteiger partial charge on any atom is 0.311 e. The highest BCUT2D eigenvalue weighted by molar-refractivity contribution is 6.17. The molecule has 14 heteroatoms. The normalized spacial score (nSPS) is 23.0. The summed E-state index contributed by atoms with van der Waals surface area (Å²) in [4.78, 5) is 53.7. The Morgan fingerprint density at radius 2 is 1.38 bits per heavy atom. The summed E-state index contributed by atoms with van der Waals surface area (Å²) in [5.41, 5.74) is 0. The van der Waals surface area contributed by atoms with Crippen molar-refractivity contribution < 1.29 is 53.5 Å². The summed E-state index contributed by atoms with van der Waals surface area (Å²) in [7, 11) is 0. The largest absolute Gasteiger partial charge is 0.471 e. The van der Waals surface area contributed by atoms with Gasteiger partial charge in [0.05, 0.1) is 25.6 Å². The number of benzene rings is 3. The summed E-state index contributed by atoms with van der Waals surface area (Å²) in [6.07, 6.45) is -3.07. The first-order chi connectivity index (χ1) is 23.1. The van der Waals surface area contributed by atoms with Gasteiger partial charge in [0.15, 0.2) is 6.29 Å². The van der Waals surface area contributed by atoms with Gasteiger partial charge in [0, 0.05) is 56.2 Å². The number of aliphatic hydroxyl groups is 4. The Balaban J connectivity index is 0.935. The standard InChI is InChI=1S/C34H37N3O11/c38-16-26-32(43)33(44)31(34(45)48-26)35-27(39)7-8-28(40)36-11-13-37(14-12-36)29(41)9-10-30(42)47-21-4-1-19-2-5-23-22(24(19)15-21)6-3-20-17-46-18-25(20)23/h1-6,15,17-18,26,31-34,38,43-45H,7-14,16H2,(H,35,39)/t26-,31-,32-,33-,34?/m0/s1. The fourth-order valence-corrected chi connectivity index (χ4v) is 6.27. The Kier molecular flexibility index (Phi) is 9.89. The lowest BCUT2D eigenvalue weighted by atomic mass is 9.97. The zero-order chi connectivity index (χ0) is 33.9. The van der Waals surface area contributed by atoms with Crippen molar-refractivity contribution in [1.29, 1.82) is 0 Å². The first kappa shape index (κ1) is 33.3. The lowest BCUT2D eigenvalue weighted by Gasteiger charge is -2.40. The van der Waals surface area contributed by atoms with Gasteiger partial charge in [-0.15, -0.1) is 0 Å². The molecule has 48 heavy (non-hydrogen) atoms. The van der Waals surface area contributed by atoms with E-state index in [0.717, 1.165) is 32.3 Å². The van der Waals surface area contributed by atoms with Crippen LogP contribution in [0.5, 0.6) is 5.75 Å². The Morgan fingerprint density at radius 3 is 2.06 bits per heavy atom. The third-order valence-corrected chi connectivity index (χ3v) is 9.00. The van der Waals surface area contributed by atoms with E-state index in [1.165, 1.54) is 4.90 Å². The molecule has 5 atom stereocenters. The summed E-state index contributed by atoms with van der Waals surface area (Å²) in [5, 5.41) is 47.7. The predicted octanol–water partition coefficient (Wildman–Crippen LogP) is 0.792. The van der Waals surface area contributed by atoms with E-state index in [-0.39, 0.29) is 63.7 Å². The number of nitrogens with one attached hydrogen (secondary N) is 1. The Labute approximate surface area is 274 Å². The van der Waals surface area contributed by atoms with Crippen molar-refractivity contribution in [2.24, 2.45) is 0 Å². The summed E-state index contributed by atoms with van der Waals surface area (Å²) in [6, 6.07) is 12.1. The number of fused-ring (bicyclic) bond motifs is 5. The van der Waals surface area contributed by atoms with Crippen LogP contribution in [0.25, 0.3) is 32.3 Å². The zero-order valence-electron chi connectivity index (χ0n) is 26.0. The Hall–Kier alpha value is -4.60. The highest BCUT2D eigenvalue weighted by Gasteiger charge is 2.44. The second-order valence-corrected chi connectivity index (χ2v) is 12.0. The van der Waals surface area contributed by atoms with Gasteiger partial charge in [-0.1, -0.05) is 30.3 Å². The van der Waals surface area contributed by atoms with Crippen LogP contribution < -0.4 is 10.1 Å². The molecular weight excluding hydrogens is 626 g/mol. The van der Waals surface area contributed by atoms with E-state index in [1.807, 2.05) is 36.4 Å². The molecule has 254 valence electrons. The highest BCUT2D eigenvalue weighted by Crippen LogP contribution is 2.33. The maximum atomic E-state index is 12.8. The van der Waals surface area contributed by atoms with E-state index in [9.17, 15) is 34.5 Å². The Morgan fingerprint density at radius 1 is 0.750 bits per heavy atom. The fourth-order valence-electron chi connectivity index (χ4n) is 6.27. The minimum Gasteiger partial charge on any atom is -0.471 e. The van der Waals surface area contributed by atoms with Crippen molar-refractivity contribution in [3.63, 3.8) is 0 Å². The zero-order valence-corrected chi connectivity index (χ0v) is 26.0. The molecule has 0 saturated carbocycles. The lowest BCUT2D eigenvalue weighted by Crippen LogP contribution is -2.64. The van der Waals surface area contributed by atoms with Crippen molar-refractivity contribution in [2.75, 3.05) is 32.8 Å². The number of esters is 1. The van der Waals surface area contributed by atoms with E-state index < -0.39 is 49.1 Å². The van der Waals surface area contributed by atoms with Gasteiger partial charge >= 0.3 is 5.97 Å². The van der Waals surface area contributed by atoms with Crippen LogP contribution in [0.15, 0.2) is 59.4 Å². The quantitative estimate of drug-likeness (QED) is 0.0964. The molecule has 4 aromatic rings. The first-order valence-electron chi connectivity index (χ1n) is 15.8. The van der Waals surface area contributed by atoms with Crippen molar-refractivity contribution in [3.8, 4) is 5.75 Å². The molecule has 6 rings (SSSR count). The number of piperazine rings is 1. The number of rotatable bonds is 9. The van der Waals surface area contributed by atoms with Gasteiger partial charge in [-0.2, -0.15) is 0 Å². The smallest absolute Gasteiger partial charge is 0.311 e. The fraction of sp³-hybridized carbons (Fsp3) is 0.412. The lowest BCUT2D eigenvalue weighted by molar-refractivity contribution is -0.253. The van der Waals surface area contributed by atoms with Crippen molar-refractivity contribution in [3.05, 3.63) is 55.0 Å².